The van der Waals surface area contributed by atoms with Crippen molar-refractivity contribution >= 4 is 27.0 Å². The van der Waals surface area contributed by atoms with E-state index in [0.29, 0.717) is 11.0 Å². The van der Waals surface area contributed by atoms with E-state index in [1.807, 2.05) is 0 Å². The van der Waals surface area contributed by atoms with Crippen molar-refractivity contribution in [2.75, 3.05) is 10.5 Å². The molecule has 0 fully saturated rings. The number of alkyl halides is 3. The van der Waals surface area contributed by atoms with Gasteiger partial charge in [0.05, 0.1) is 16.8 Å². The molecule has 0 aliphatic rings. The molecule has 20 heavy (non-hydrogen) atoms. The van der Waals surface area contributed by atoms with Gasteiger partial charge >= 0.3 is 6.18 Å². The van der Waals surface area contributed by atoms with Gasteiger partial charge in [0.1, 0.15) is 0 Å². The molecule has 0 atom stereocenters. The van der Waals surface area contributed by atoms with Crippen LogP contribution in [0.3, 0.4) is 0 Å². The number of benzene rings is 1. The third-order valence-corrected chi connectivity index (χ3v) is 3.85. The Morgan fingerprint density at radius 2 is 1.95 bits per heavy atom. The first kappa shape index (κ1) is 14.6. The minimum absolute atomic E-state index is 0.00166. The first-order valence-electron chi connectivity index (χ1n) is 5.77. The largest absolute Gasteiger partial charge is 0.389 e. The van der Waals surface area contributed by atoms with Crippen molar-refractivity contribution in [1.29, 1.82) is 0 Å². The molecule has 2 rings (SSSR count). The smallest absolute Gasteiger partial charge is 0.323 e. The number of anilines is 1. The lowest BCUT2D eigenvalue weighted by atomic mass is 10.3. The molecule has 0 bridgehead atoms. The molecular formula is C11H12F3N3O2S. The van der Waals surface area contributed by atoms with Crippen LogP contribution in [0.2, 0.25) is 0 Å². The van der Waals surface area contributed by atoms with E-state index in [2.05, 4.69) is 14.7 Å². The van der Waals surface area contributed by atoms with Crippen LogP contribution in [0, 0.1) is 0 Å². The third kappa shape index (κ3) is 4.12. The summed E-state index contributed by atoms with van der Waals surface area (Å²) in [6.07, 6.45) is -5.97. The van der Waals surface area contributed by atoms with Crippen LogP contribution in [-0.2, 0) is 10.0 Å². The van der Waals surface area contributed by atoms with Crippen molar-refractivity contribution < 1.29 is 21.6 Å². The van der Waals surface area contributed by atoms with Gasteiger partial charge in [0.25, 0.3) is 0 Å². The van der Waals surface area contributed by atoms with Crippen molar-refractivity contribution in [1.82, 2.24) is 9.97 Å². The highest BCUT2D eigenvalue weighted by atomic mass is 32.2. The molecule has 5 nitrogen and oxygen atoms in total. The Morgan fingerprint density at radius 3 is 2.60 bits per heavy atom. The van der Waals surface area contributed by atoms with Crippen molar-refractivity contribution in [3.05, 3.63) is 24.3 Å². The summed E-state index contributed by atoms with van der Waals surface area (Å²) in [6, 6.07) is 6.89. The van der Waals surface area contributed by atoms with Crippen LogP contribution in [0.25, 0.3) is 11.0 Å². The lowest BCUT2D eigenvalue weighted by Crippen LogP contribution is -2.19. The number of hydrogen-bond acceptors (Lipinski definition) is 3. The summed E-state index contributed by atoms with van der Waals surface area (Å²) >= 11 is 0. The van der Waals surface area contributed by atoms with E-state index in [-0.39, 0.29) is 5.95 Å². The molecule has 0 radical (unpaired) electrons. The summed E-state index contributed by atoms with van der Waals surface area (Å²) in [5, 5.41) is 0. The molecule has 0 saturated carbocycles. The van der Waals surface area contributed by atoms with Crippen molar-refractivity contribution in [2.24, 2.45) is 0 Å². The predicted molar refractivity (Wildman–Crippen MR) is 68.8 cm³/mol. The van der Waals surface area contributed by atoms with Crippen LogP contribution in [0.15, 0.2) is 24.3 Å². The molecule has 1 aromatic carbocycles. The predicted octanol–water partition coefficient (Wildman–Crippen LogP) is 2.65. The van der Waals surface area contributed by atoms with Crippen LogP contribution >= 0.6 is 0 Å². The number of aromatic nitrogens is 2. The number of H-pyrrole nitrogens is 1. The van der Waals surface area contributed by atoms with Crippen LogP contribution in [-0.4, -0.2) is 30.3 Å². The Hall–Kier alpha value is -1.77. The molecule has 0 aliphatic heterocycles. The van der Waals surface area contributed by atoms with Gasteiger partial charge in [-0.3, -0.25) is 4.72 Å². The summed E-state index contributed by atoms with van der Waals surface area (Å²) in [5.74, 6) is -0.609. The van der Waals surface area contributed by atoms with Gasteiger partial charge in [-0.15, -0.1) is 0 Å². The van der Waals surface area contributed by atoms with Gasteiger partial charge in [-0.2, -0.15) is 13.2 Å². The summed E-state index contributed by atoms with van der Waals surface area (Å²) in [7, 11) is -3.85. The molecule has 1 aromatic heterocycles. The highest BCUT2D eigenvalue weighted by Crippen LogP contribution is 2.22. The average Bonchev–Trinajstić information content (AvgIpc) is 2.67. The van der Waals surface area contributed by atoms with Crippen molar-refractivity contribution in [3.63, 3.8) is 0 Å². The number of fused-ring (bicyclic) bond motifs is 1. The van der Waals surface area contributed by atoms with Crippen molar-refractivity contribution in [2.45, 2.75) is 19.0 Å². The summed E-state index contributed by atoms with van der Waals surface area (Å²) in [4.78, 5) is 6.72. The zero-order valence-corrected chi connectivity index (χ0v) is 11.1. The number of para-hydroxylation sites is 2. The summed E-state index contributed by atoms with van der Waals surface area (Å²) in [6.45, 7) is 0. The molecule has 2 N–H and O–H groups in total. The van der Waals surface area contributed by atoms with Gasteiger partial charge < -0.3 is 4.98 Å². The normalized spacial score (nSPS) is 12.8. The van der Waals surface area contributed by atoms with E-state index >= 15 is 0 Å². The van der Waals surface area contributed by atoms with Crippen LogP contribution in [0.5, 0.6) is 0 Å². The van der Waals surface area contributed by atoms with Crippen LogP contribution in [0.1, 0.15) is 12.8 Å². The molecular weight excluding hydrogens is 295 g/mol. The Labute approximate surface area is 113 Å². The van der Waals surface area contributed by atoms with Gasteiger partial charge in [-0.1, -0.05) is 12.1 Å². The fraction of sp³-hybridized carbons (Fsp3) is 0.364. The number of nitrogens with one attached hydrogen (secondary N) is 2. The maximum Gasteiger partial charge on any atom is 0.389 e. The average molecular weight is 307 g/mol. The fourth-order valence-electron chi connectivity index (χ4n) is 1.66. The first-order chi connectivity index (χ1) is 9.25. The first-order valence-corrected chi connectivity index (χ1v) is 7.42. The second-order valence-corrected chi connectivity index (χ2v) is 6.08. The van der Waals surface area contributed by atoms with Gasteiger partial charge in [-0.05, 0) is 18.6 Å². The molecule has 0 spiro atoms. The molecule has 9 heteroatoms. The third-order valence-electron chi connectivity index (χ3n) is 2.51. The maximum atomic E-state index is 12.0. The molecule has 0 unspecified atom stereocenters. The quantitative estimate of drug-likeness (QED) is 0.891. The second-order valence-electron chi connectivity index (χ2n) is 4.24. The Morgan fingerprint density at radius 1 is 1.25 bits per heavy atom. The van der Waals surface area contributed by atoms with E-state index in [1.165, 1.54) is 0 Å². The number of sulfonamides is 1. The summed E-state index contributed by atoms with van der Waals surface area (Å²) in [5.41, 5.74) is 1.21. The summed E-state index contributed by atoms with van der Waals surface area (Å²) < 4.78 is 61.3. The number of halogens is 3. The van der Waals surface area contributed by atoms with E-state index in [4.69, 9.17) is 0 Å². The van der Waals surface area contributed by atoms with Crippen LogP contribution < -0.4 is 4.72 Å². The zero-order valence-electron chi connectivity index (χ0n) is 10.2. The lowest BCUT2D eigenvalue weighted by molar-refractivity contribution is -0.134. The van der Waals surface area contributed by atoms with Gasteiger partial charge in [0, 0.05) is 6.42 Å². The molecule has 0 saturated heterocycles. The standard InChI is InChI=1S/C11H12F3N3O2S/c12-11(13,14)6-3-7-20(18,19)17-10-15-8-4-1-2-5-9(8)16-10/h1-2,4-5H,3,6-7H2,(H2,15,16,17). The zero-order chi connectivity index (χ0) is 14.8. The topological polar surface area (TPSA) is 74.8 Å². The molecule has 2 aromatic rings. The van der Waals surface area contributed by atoms with E-state index in [0.717, 1.165) is 0 Å². The van der Waals surface area contributed by atoms with E-state index in [9.17, 15) is 21.6 Å². The van der Waals surface area contributed by atoms with E-state index in [1.54, 1.807) is 24.3 Å². The lowest BCUT2D eigenvalue weighted by Gasteiger charge is -2.07. The second kappa shape index (κ2) is 5.31. The molecule has 110 valence electrons. The number of nitrogens with zero attached hydrogens (tertiary/aromatic N) is 1. The maximum absolute atomic E-state index is 12.0. The van der Waals surface area contributed by atoms with Crippen LogP contribution in [0.4, 0.5) is 19.1 Å². The number of aromatic amines is 1. The van der Waals surface area contributed by atoms with Gasteiger partial charge in [0.2, 0.25) is 16.0 Å². The Kier molecular flexibility index (Phi) is 3.89. The number of imidazole rings is 1. The highest BCUT2D eigenvalue weighted by molar-refractivity contribution is 7.92. The highest BCUT2D eigenvalue weighted by Gasteiger charge is 2.27. The molecule has 0 amide bonds. The van der Waals surface area contributed by atoms with Gasteiger partial charge in [-0.25, -0.2) is 13.4 Å². The minimum Gasteiger partial charge on any atom is -0.323 e. The SMILES string of the molecule is O=S(=O)(CCCC(F)(F)F)Nc1nc2ccccc2[nH]1. The Bertz CT molecular complexity index is 661. The fourth-order valence-corrected chi connectivity index (χ4v) is 2.68. The van der Waals surface area contributed by atoms with Gasteiger partial charge in [0.15, 0.2) is 0 Å². The monoisotopic (exact) mass is 307 g/mol. The minimum atomic E-state index is -4.35. The molecule has 1 heterocycles. The van der Waals surface area contributed by atoms with Crippen molar-refractivity contribution in [3.8, 4) is 0 Å². The Balaban J connectivity index is 2.00. The number of rotatable bonds is 5. The molecule has 0 aliphatic carbocycles. The number of hydrogen-bond donors (Lipinski definition) is 2. The van der Waals surface area contributed by atoms with E-state index < -0.39 is 34.8 Å².